The Morgan fingerprint density at radius 1 is 1.17 bits per heavy atom. The molecule has 1 spiro atoms. The van der Waals surface area contributed by atoms with Gasteiger partial charge in [-0.05, 0) is 95.0 Å². The second-order valence-corrected chi connectivity index (χ2v) is 12.7. The Labute approximate surface area is 241 Å². The van der Waals surface area contributed by atoms with E-state index in [1.54, 1.807) is 0 Å². The molecule has 4 heterocycles. The summed E-state index contributed by atoms with van der Waals surface area (Å²) < 4.78 is 12.8. The van der Waals surface area contributed by atoms with Crippen LogP contribution in [0, 0.1) is 17.2 Å². The Hall–Kier alpha value is -3.64. The van der Waals surface area contributed by atoms with E-state index in [1.165, 1.54) is 12.0 Å². The summed E-state index contributed by atoms with van der Waals surface area (Å²) in [6, 6.07) is 8.69. The smallest absolute Gasteiger partial charge is 0.219 e. The van der Waals surface area contributed by atoms with Crippen LogP contribution in [0.25, 0.3) is 11.5 Å². The van der Waals surface area contributed by atoms with Crippen molar-refractivity contribution in [3.63, 3.8) is 0 Å². The quantitative estimate of drug-likeness (QED) is 0.442. The fourth-order valence-corrected chi connectivity index (χ4v) is 7.94. The average molecular weight is 554 g/mol. The van der Waals surface area contributed by atoms with Crippen molar-refractivity contribution < 1.29 is 9.26 Å². The number of nitrogens with zero attached hydrogens (tertiary/aromatic N) is 6. The van der Waals surface area contributed by atoms with Gasteiger partial charge in [0.1, 0.15) is 18.0 Å². The van der Waals surface area contributed by atoms with E-state index in [9.17, 15) is 5.26 Å². The molecule has 214 valence electrons. The molecule has 4 atom stereocenters. The van der Waals surface area contributed by atoms with Crippen LogP contribution in [-0.2, 0) is 18.3 Å². The number of benzene rings is 1. The zero-order valence-corrected chi connectivity index (χ0v) is 24.3. The molecular weight excluding hydrogens is 514 g/mol. The van der Waals surface area contributed by atoms with Crippen LogP contribution in [0.3, 0.4) is 0 Å². The van der Waals surface area contributed by atoms with E-state index in [-0.39, 0.29) is 6.10 Å². The van der Waals surface area contributed by atoms with Crippen molar-refractivity contribution in [1.82, 2.24) is 20.0 Å². The fraction of sp³-hybridized carbons (Fsp3) is 0.562. The normalized spacial score (nSPS) is 26.2. The van der Waals surface area contributed by atoms with Crippen LogP contribution in [0.2, 0.25) is 0 Å². The molecule has 1 aromatic carbocycles. The van der Waals surface area contributed by atoms with E-state index < -0.39 is 5.41 Å². The molecule has 7 rings (SSSR count). The number of aromatic nitrogens is 3. The summed E-state index contributed by atoms with van der Waals surface area (Å²) in [4.78, 5) is 14.7. The lowest BCUT2D eigenvalue weighted by Gasteiger charge is -2.33. The second-order valence-electron chi connectivity index (χ2n) is 12.7. The molecule has 0 radical (unpaired) electrons. The standard InChI is InChI=1S/C32H39N7O2/c1-19-11-15-39(18-19)26-16-27(40-20(2)25-7-5-14-38(25)3)36-31(35-26)29-22-6-4-12-32(30(22)41-37-29)13-10-21-8-9-24(34)23(17-33)28(21)32/h8-9,16,19-20,25H,4-7,10-15,18,34H2,1-3H3. The monoisotopic (exact) mass is 553 g/mol. The maximum Gasteiger partial charge on any atom is 0.219 e. The number of fused-ring (bicyclic) bond motifs is 4. The number of likely N-dealkylation sites (N-methyl/N-ethyl adjacent to an activating group) is 1. The first kappa shape index (κ1) is 26.3. The van der Waals surface area contributed by atoms with Gasteiger partial charge >= 0.3 is 0 Å². The Balaban J connectivity index is 1.31. The van der Waals surface area contributed by atoms with Crippen molar-refractivity contribution in [3.8, 4) is 23.5 Å². The molecule has 0 saturated carbocycles. The molecule has 3 aromatic rings. The summed E-state index contributed by atoms with van der Waals surface area (Å²) in [6.45, 7) is 7.45. The molecule has 2 aromatic heterocycles. The van der Waals surface area contributed by atoms with Crippen molar-refractivity contribution in [2.75, 3.05) is 37.3 Å². The highest BCUT2D eigenvalue weighted by Crippen LogP contribution is 2.54. The summed E-state index contributed by atoms with van der Waals surface area (Å²) in [5.41, 5.74) is 11.0. The van der Waals surface area contributed by atoms with Gasteiger partial charge in [0.25, 0.3) is 0 Å². The average Bonchev–Trinajstić information content (AvgIpc) is 3.76. The topological polar surface area (TPSA) is 117 Å². The molecule has 2 aliphatic carbocycles. The summed E-state index contributed by atoms with van der Waals surface area (Å²) in [5.74, 6) is 3.50. The third-order valence-corrected chi connectivity index (χ3v) is 10.1. The van der Waals surface area contributed by atoms with E-state index in [4.69, 9.17) is 25.0 Å². The van der Waals surface area contributed by atoms with Crippen molar-refractivity contribution >= 4 is 11.5 Å². The molecule has 2 fully saturated rings. The van der Waals surface area contributed by atoms with Gasteiger partial charge in [-0.2, -0.15) is 10.2 Å². The SMILES string of the molecule is CC1CCN(c2cc(OC(C)C3CCCN3C)nc(-c3noc4c3CCCC43CCc4ccc(N)c(C#N)c43)n2)C1. The number of aryl methyl sites for hydroxylation is 1. The fourth-order valence-electron chi connectivity index (χ4n) is 7.94. The van der Waals surface area contributed by atoms with Gasteiger partial charge in [0.15, 0.2) is 17.3 Å². The molecule has 2 N–H and O–H groups in total. The van der Waals surface area contributed by atoms with Crippen LogP contribution >= 0.6 is 0 Å². The van der Waals surface area contributed by atoms with Crippen molar-refractivity contribution in [3.05, 3.63) is 46.2 Å². The highest BCUT2D eigenvalue weighted by Gasteiger charge is 2.49. The van der Waals surface area contributed by atoms with E-state index >= 15 is 0 Å². The summed E-state index contributed by atoms with van der Waals surface area (Å²) in [5, 5.41) is 14.7. The molecule has 41 heavy (non-hydrogen) atoms. The minimum atomic E-state index is -0.391. The van der Waals surface area contributed by atoms with Gasteiger partial charge in [0.05, 0.1) is 11.0 Å². The van der Waals surface area contributed by atoms with E-state index in [2.05, 4.69) is 48.0 Å². The molecule has 2 aliphatic heterocycles. The van der Waals surface area contributed by atoms with Gasteiger partial charge < -0.3 is 19.9 Å². The minimum absolute atomic E-state index is 0.00921. The Kier molecular flexibility index (Phi) is 6.42. The van der Waals surface area contributed by atoms with Crippen molar-refractivity contribution in [2.45, 2.75) is 82.8 Å². The third kappa shape index (κ3) is 4.26. The lowest BCUT2D eigenvalue weighted by Crippen LogP contribution is -2.38. The Morgan fingerprint density at radius 2 is 2.05 bits per heavy atom. The molecular formula is C32H39N7O2. The largest absolute Gasteiger partial charge is 0.473 e. The highest BCUT2D eigenvalue weighted by atomic mass is 16.5. The molecule has 2 saturated heterocycles. The number of nitrogens with two attached hydrogens (primary N) is 1. The molecule has 0 amide bonds. The van der Waals surface area contributed by atoms with Gasteiger partial charge in [0, 0.05) is 36.4 Å². The van der Waals surface area contributed by atoms with E-state index in [0.717, 1.165) is 87.3 Å². The summed E-state index contributed by atoms with van der Waals surface area (Å²) in [6.07, 6.45) is 7.96. The van der Waals surface area contributed by atoms with Crippen molar-refractivity contribution in [2.24, 2.45) is 5.92 Å². The van der Waals surface area contributed by atoms with Crippen LogP contribution in [0.1, 0.15) is 80.4 Å². The minimum Gasteiger partial charge on any atom is -0.473 e. The van der Waals surface area contributed by atoms with Crippen LogP contribution in [0.5, 0.6) is 5.88 Å². The zero-order chi connectivity index (χ0) is 28.3. The number of ether oxygens (including phenoxy) is 1. The summed E-state index contributed by atoms with van der Waals surface area (Å²) >= 11 is 0. The van der Waals surface area contributed by atoms with E-state index in [1.807, 2.05) is 12.1 Å². The second kappa shape index (κ2) is 10.0. The van der Waals surface area contributed by atoms with Gasteiger partial charge in [-0.1, -0.05) is 18.1 Å². The van der Waals surface area contributed by atoms with E-state index in [0.29, 0.717) is 40.6 Å². The molecule has 9 nitrogen and oxygen atoms in total. The number of nitriles is 1. The predicted octanol–water partition coefficient (Wildman–Crippen LogP) is 4.86. The number of likely N-dealkylation sites (tertiary alicyclic amines) is 1. The zero-order valence-electron chi connectivity index (χ0n) is 24.3. The number of hydrogen-bond acceptors (Lipinski definition) is 9. The molecule has 4 aliphatic rings. The first-order chi connectivity index (χ1) is 19.9. The predicted molar refractivity (Wildman–Crippen MR) is 157 cm³/mol. The van der Waals surface area contributed by atoms with Gasteiger partial charge in [0.2, 0.25) is 5.88 Å². The van der Waals surface area contributed by atoms with Crippen molar-refractivity contribution in [1.29, 1.82) is 5.26 Å². The number of hydrogen-bond donors (Lipinski definition) is 1. The lowest BCUT2D eigenvalue weighted by molar-refractivity contribution is 0.117. The van der Waals surface area contributed by atoms with Crippen LogP contribution in [0.4, 0.5) is 11.5 Å². The van der Waals surface area contributed by atoms with Crippen LogP contribution in [0.15, 0.2) is 22.7 Å². The lowest BCUT2D eigenvalue weighted by atomic mass is 9.68. The third-order valence-electron chi connectivity index (χ3n) is 10.1. The Bertz CT molecular complexity index is 1530. The first-order valence-electron chi connectivity index (χ1n) is 15.2. The van der Waals surface area contributed by atoms with Gasteiger partial charge in [-0.25, -0.2) is 4.98 Å². The maximum absolute atomic E-state index is 10.1. The molecule has 4 unspecified atom stereocenters. The number of anilines is 2. The Morgan fingerprint density at radius 3 is 2.80 bits per heavy atom. The number of nitrogen functional groups attached to an aromatic ring is 1. The van der Waals surface area contributed by atoms with Crippen LogP contribution < -0.4 is 15.4 Å². The van der Waals surface area contributed by atoms with Crippen LogP contribution in [-0.4, -0.2) is 58.9 Å². The maximum atomic E-state index is 10.1. The first-order valence-corrected chi connectivity index (χ1v) is 15.2. The summed E-state index contributed by atoms with van der Waals surface area (Å²) in [7, 11) is 2.17. The van der Waals surface area contributed by atoms with Gasteiger partial charge in [-0.3, -0.25) is 4.90 Å². The number of rotatable bonds is 5. The molecule has 9 heteroatoms. The highest BCUT2D eigenvalue weighted by molar-refractivity contribution is 5.68. The van der Waals surface area contributed by atoms with Gasteiger partial charge in [-0.15, -0.1) is 0 Å². The molecule has 0 bridgehead atoms.